The SMILES string of the molecule is O=C(COC(=O)c1ccc(CSc2ccc(Cl)cc2)cc1)Nc1nc2c(F)c(F)c(F)cc2s1. The molecule has 1 heterocycles. The molecule has 0 aliphatic heterocycles. The van der Waals surface area contributed by atoms with Crippen LogP contribution in [-0.4, -0.2) is 23.5 Å². The summed E-state index contributed by atoms with van der Waals surface area (Å²) in [5.41, 5.74) is 0.858. The Morgan fingerprint density at radius 3 is 2.44 bits per heavy atom. The Morgan fingerprint density at radius 2 is 1.74 bits per heavy atom. The predicted octanol–water partition coefficient (Wildman–Crippen LogP) is 6.45. The molecule has 0 bridgehead atoms. The Labute approximate surface area is 204 Å². The van der Waals surface area contributed by atoms with Crippen LogP contribution in [0.4, 0.5) is 18.3 Å². The summed E-state index contributed by atoms with van der Waals surface area (Å²) in [7, 11) is 0. The summed E-state index contributed by atoms with van der Waals surface area (Å²) in [6.45, 7) is -0.617. The van der Waals surface area contributed by atoms with Gasteiger partial charge in [-0.15, -0.1) is 11.8 Å². The number of nitrogens with zero attached hydrogens (tertiary/aromatic N) is 1. The highest BCUT2D eigenvalue weighted by Gasteiger charge is 2.19. The number of thioether (sulfide) groups is 1. The van der Waals surface area contributed by atoms with Crippen LogP contribution in [0.25, 0.3) is 10.2 Å². The lowest BCUT2D eigenvalue weighted by molar-refractivity contribution is -0.119. The Hall–Kier alpha value is -3.08. The monoisotopic (exact) mass is 522 g/mol. The zero-order valence-electron chi connectivity index (χ0n) is 17.1. The average Bonchev–Trinajstić information content (AvgIpc) is 3.23. The number of fused-ring (bicyclic) bond motifs is 1. The molecule has 0 saturated heterocycles. The third kappa shape index (κ3) is 5.69. The first-order valence-electron chi connectivity index (χ1n) is 9.68. The van der Waals surface area contributed by atoms with Gasteiger partial charge in [-0.1, -0.05) is 35.1 Å². The second kappa shape index (κ2) is 10.5. The lowest BCUT2D eigenvalue weighted by Gasteiger charge is -2.06. The van der Waals surface area contributed by atoms with Gasteiger partial charge < -0.3 is 4.74 Å². The van der Waals surface area contributed by atoms with Crippen LogP contribution in [-0.2, 0) is 15.3 Å². The number of ether oxygens (including phenoxy) is 1. The summed E-state index contributed by atoms with van der Waals surface area (Å²) in [5.74, 6) is -5.17. The molecule has 1 aromatic heterocycles. The van der Waals surface area contributed by atoms with Gasteiger partial charge in [-0.3, -0.25) is 10.1 Å². The van der Waals surface area contributed by atoms with Crippen molar-refractivity contribution in [3.63, 3.8) is 0 Å². The van der Waals surface area contributed by atoms with Gasteiger partial charge in [-0.2, -0.15) is 0 Å². The molecule has 0 saturated carbocycles. The molecule has 4 aromatic rings. The molecule has 174 valence electrons. The maximum atomic E-state index is 13.8. The fourth-order valence-corrected chi connectivity index (χ4v) is 4.72. The summed E-state index contributed by atoms with van der Waals surface area (Å²) in [6.07, 6.45) is 0. The third-order valence-corrected chi connectivity index (χ3v) is 6.76. The number of hydrogen-bond donors (Lipinski definition) is 1. The van der Waals surface area contributed by atoms with Crippen LogP contribution in [0.1, 0.15) is 15.9 Å². The fraction of sp³-hybridized carbons (Fsp3) is 0.0870. The van der Waals surface area contributed by atoms with Crippen LogP contribution >= 0.6 is 34.7 Å². The second-order valence-electron chi connectivity index (χ2n) is 6.92. The van der Waals surface area contributed by atoms with Crippen molar-refractivity contribution in [1.29, 1.82) is 0 Å². The first-order chi connectivity index (χ1) is 16.3. The van der Waals surface area contributed by atoms with Gasteiger partial charge in [0.15, 0.2) is 29.2 Å². The van der Waals surface area contributed by atoms with E-state index >= 15 is 0 Å². The van der Waals surface area contributed by atoms with E-state index in [-0.39, 0.29) is 15.4 Å². The molecule has 1 amide bonds. The van der Waals surface area contributed by atoms with E-state index in [0.717, 1.165) is 27.9 Å². The van der Waals surface area contributed by atoms with E-state index in [1.165, 1.54) is 0 Å². The van der Waals surface area contributed by atoms with Crippen molar-refractivity contribution in [3.8, 4) is 0 Å². The number of esters is 1. The van der Waals surface area contributed by atoms with Gasteiger partial charge in [0, 0.05) is 15.7 Å². The summed E-state index contributed by atoms with van der Waals surface area (Å²) in [6, 6.07) is 15.0. The molecule has 0 fully saturated rings. The number of carbonyl (C=O) groups is 2. The van der Waals surface area contributed by atoms with E-state index in [1.54, 1.807) is 36.0 Å². The number of halogens is 4. The molecule has 0 aliphatic carbocycles. The zero-order valence-corrected chi connectivity index (χ0v) is 19.5. The molecule has 0 spiro atoms. The smallest absolute Gasteiger partial charge is 0.338 e. The van der Waals surface area contributed by atoms with Crippen molar-refractivity contribution in [2.24, 2.45) is 0 Å². The van der Waals surface area contributed by atoms with Crippen molar-refractivity contribution in [2.45, 2.75) is 10.6 Å². The van der Waals surface area contributed by atoms with Gasteiger partial charge in [0.2, 0.25) is 0 Å². The summed E-state index contributed by atoms with van der Waals surface area (Å²) in [4.78, 5) is 29.1. The number of rotatable bonds is 7. The maximum Gasteiger partial charge on any atom is 0.338 e. The number of carbonyl (C=O) groups excluding carboxylic acids is 2. The number of nitrogens with one attached hydrogen (secondary N) is 1. The zero-order chi connectivity index (χ0) is 24.2. The van der Waals surface area contributed by atoms with Gasteiger partial charge in [0.1, 0.15) is 5.52 Å². The van der Waals surface area contributed by atoms with Gasteiger partial charge in [0.05, 0.1) is 10.3 Å². The predicted molar refractivity (Wildman–Crippen MR) is 126 cm³/mol. The minimum absolute atomic E-state index is 0.0259. The number of thiazole rings is 1. The third-order valence-electron chi connectivity index (χ3n) is 4.51. The molecule has 34 heavy (non-hydrogen) atoms. The van der Waals surface area contributed by atoms with E-state index in [1.807, 2.05) is 24.3 Å². The van der Waals surface area contributed by atoms with Crippen LogP contribution in [0.15, 0.2) is 59.5 Å². The molecule has 0 radical (unpaired) electrons. The normalized spacial score (nSPS) is 10.9. The molecule has 3 aromatic carbocycles. The van der Waals surface area contributed by atoms with Gasteiger partial charge in [0.25, 0.3) is 5.91 Å². The molecule has 0 atom stereocenters. The summed E-state index contributed by atoms with van der Waals surface area (Å²) < 4.78 is 45.4. The molecule has 11 heteroatoms. The van der Waals surface area contributed by atoms with E-state index in [9.17, 15) is 22.8 Å². The minimum atomic E-state index is -1.64. The molecule has 5 nitrogen and oxygen atoms in total. The van der Waals surface area contributed by atoms with Gasteiger partial charge >= 0.3 is 5.97 Å². The largest absolute Gasteiger partial charge is 0.452 e. The molecule has 0 unspecified atom stereocenters. The number of amides is 1. The lowest BCUT2D eigenvalue weighted by Crippen LogP contribution is -2.20. The van der Waals surface area contributed by atoms with Crippen LogP contribution in [0.5, 0.6) is 0 Å². The second-order valence-corrected chi connectivity index (χ2v) is 9.43. The molecule has 0 aliphatic rings. The molecular formula is C23H14ClF3N2O3S2. The Kier molecular flexibility index (Phi) is 7.40. The van der Waals surface area contributed by atoms with Crippen molar-refractivity contribution in [3.05, 3.63) is 88.2 Å². The van der Waals surface area contributed by atoms with E-state index in [4.69, 9.17) is 16.3 Å². The maximum absolute atomic E-state index is 13.8. The Morgan fingerprint density at radius 1 is 1.03 bits per heavy atom. The number of hydrogen-bond acceptors (Lipinski definition) is 6. The standard InChI is InChI=1S/C23H14ClF3N2O3S2/c24-14-5-7-15(8-6-14)33-11-12-1-3-13(4-2-12)22(31)32-10-18(30)28-23-29-21-17(34-23)9-16(25)19(26)20(21)27/h1-9H,10-11H2,(H,28,29,30). The van der Waals surface area contributed by atoms with Crippen LogP contribution in [0.2, 0.25) is 5.02 Å². The van der Waals surface area contributed by atoms with Crippen molar-refractivity contribution < 1.29 is 27.5 Å². The Balaban J connectivity index is 1.29. The highest BCUT2D eigenvalue weighted by Crippen LogP contribution is 2.30. The van der Waals surface area contributed by atoms with Crippen molar-refractivity contribution in [1.82, 2.24) is 4.98 Å². The van der Waals surface area contributed by atoms with E-state index in [0.29, 0.717) is 10.8 Å². The topological polar surface area (TPSA) is 68.3 Å². The van der Waals surface area contributed by atoms with Crippen LogP contribution in [0, 0.1) is 17.5 Å². The number of anilines is 1. The minimum Gasteiger partial charge on any atom is -0.452 e. The fourth-order valence-electron chi connectivity index (χ4n) is 2.83. The first-order valence-corrected chi connectivity index (χ1v) is 11.9. The number of benzene rings is 3. The average molecular weight is 523 g/mol. The quantitative estimate of drug-likeness (QED) is 0.171. The van der Waals surface area contributed by atoms with Gasteiger partial charge in [-0.25, -0.2) is 22.9 Å². The van der Waals surface area contributed by atoms with Crippen molar-refractivity contribution in [2.75, 3.05) is 11.9 Å². The van der Waals surface area contributed by atoms with Crippen LogP contribution in [0.3, 0.4) is 0 Å². The van der Waals surface area contributed by atoms with Crippen LogP contribution < -0.4 is 5.32 Å². The van der Waals surface area contributed by atoms with E-state index < -0.39 is 41.5 Å². The summed E-state index contributed by atoms with van der Waals surface area (Å²) in [5, 5.41) is 2.90. The summed E-state index contributed by atoms with van der Waals surface area (Å²) >= 11 is 8.25. The molecular weight excluding hydrogens is 509 g/mol. The Bertz CT molecular complexity index is 1360. The van der Waals surface area contributed by atoms with Crippen molar-refractivity contribution >= 4 is 61.9 Å². The highest BCUT2D eigenvalue weighted by molar-refractivity contribution is 7.98. The highest BCUT2D eigenvalue weighted by atomic mass is 35.5. The van der Waals surface area contributed by atoms with E-state index in [2.05, 4.69) is 10.3 Å². The number of aromatic nitrogens is 1. The lowest BCUT2D eigenvalue weighted by atomic mass is 10.1. The first kappa shape index (κ1) is 24.1. The molecule has 4 rings (SSSR count). The molecule has 1 N–H and O–H groups in total. The van der Waals surface area contributed by atoms with Gasteiger partial charge in [-0.05, 0) is 48.0 Å².